The monoisotopic (exact) mass is 270 g/mol. The first-order valence-electron chi connectivity index (χ1n) is 7.13. The van der Waals surface area contributed by atoms with Gasteiger partial charge in [0.1, 0.15) is 6.04 Å². The van der Waals surface area contributed by atoms with Crippen LogP contribution < -0.4 is 5.32 Å². The lowest BCUT2D eigenvalue weighted by molar-refractivity contribution is -0.142. The van der Waals surface area contributed by atoms with Crippen molar-refractivity contribution in [1.82, 2.24) is 10.2 Å². The normalized spacial score (nSPS) is 19.4. The van der Waals surface area contributed by atoms with Crippen molar-refractivity contribution in [3.8, 4) is 0 Å². The summed E-state index contributed by atoms with van der Waals surface area (Å²) in [5.74, 6) is -0.152. The number of aliphatic carboxylic acids is 1. The van der Waals surface area contributed by atoms with Crippen molar-refractivity contribution in [2.24, 2.45) is 11.8 Å². The molecule has 1 aliphatic heterocycles. The Morgan fingerprint density at radius 3 is 2.37 bits per heavy atom. The number of amides is 1. The fraction of sp³-hybridized carbons (Fsp3) is 0.857. The smallest absolute Gasteiger partial charge is 0.326 e. The Balaban J connectivity index is 2.38. The van der Waals surface area contributed by atoms with Crippen LogP contribution in [0.1, 0.15) is 40.0 Å². The molecule has 1 fully saturated rings. The third-order valence-electron chi connectivity index (χ3n) is 3.58. The van der Waals surface area contributed by atoms with Crippen molar-refractivity contribution in [1.29, 1.82) is 0 Å². The van der Waals surface area contributed by atoms with Crippen LogP contribution in [0.2, 0.25) is 0 Å². The number of carboxylic acid groups (broad SMARTS) is 1. The largest absolute Gasteiger partial charge is 0.480 e. The molecule has 5 heteroatoms. The zero-order chi connectivity index (χ0) is 14.4. The first-order chi connectivity index (χ1) is 8.88. The van der Waals surface area contributed by atoms with Crippen LogP contribution in [0.5, 0.6) is 0 Å². The van der Waals surface area contributed by atoms with Gasteiger partial charge in [-0.3, -0.25) is 9.69 Å². The molecule has 0 saturated carbocycles. The van der Waals surface area contributed by atoms with Gasteiger partial charge in [0.05, 0.1) is 6.54 Å². The van der Waals surface area contributed by atoms with E-state index in [-0.39, 0.29) is 11.8 Å². The lowest BCUT2D eigenvalue weighted by atomic mass is 9.99. The quantitative estimate of drug-likeness (QED) is 0.764. The fourth-order valence-electron chi connectivity index (χ4n) is 2.36. The summed E-state index contributed by atoms with van der Waals surface area (Å²) in [5, 5.41) is 11.7. The minimum Gasteiger partial charge on any atom is -0.480 e. The summed E-state index contributed by atoms with van der Waals surface area (Å²) < 4.78 is 0. The van der Waals surface area contributed by atoms with Crippen LogP contribution in [0.25, 0.3) is 0 Å². The van der Waals surface area contributed by atoms with Crippen LogP contribution in [0.15, 0.2) is 0 Å². The van der Waals surface area contributed by atoms with E-state index in [0.717, 1.165) is 31.8 Å². The van der Waals surface area contributed by atoms with E-state index in [0.29, 0.717) is 13.0 Å². The predicted octanol–water partition coefficient (Wildman–Crippen LogP) is 1.33. The average Bonchev–Trinajstić information content (AvgIpc) is 2.30. The molecule has 2 N–H and O–H groups in total. The van der Waals surface area contributed by atoms with E-state index in [1.807, 2.05) is 13.8 Å². The molecule has 0 radical (unpaired) electrons. The number of nitrogens with zero attached hydrogens (tertiary/aromatic N) is 1. The van der Waals surface area contributed by atoms with E-state index in [1.165, 1.54) is 0 Å². The van der Waals surface area contributed by atoms with Gasteiger partial charge in [-0.2, -0.15) is 0 Å². The molecule has 1 atom stereocenters. The summed E-state index contributed by atoms with van der Waals surface area (Å²) in [6, 6.07) is -0.767. The molecule has 1 heterocycles. The highest BCUT2D eigenvalue weighted by atomic mass is 16.4. The number of hydrogen-bond donors (Lipinski definition) is 2. The van der Waals surface area contributed by atoms with Crippen molar-refractivity contribution in [3.63, 3.8) is 0 Å². The van der Waals surface area contributed by atoms with Gasteiger partial charge in [-0.1, -0.05) is 20.8 Å². The maximum absolute atomic E-state index is 11.9. The number of piperidine rings is 1. The highest BCUT2D eigenvalue weighted by Gasteiger charge is 2.23. The van der Waals surface area contributed by atoms with Crippen molar-refractivity contribution in [3.05, 3.63) is 0 Å². The van der Waals surface area contributed by atoms with Gasteiger partial charge in [0.2, 0.25) is 5.91 Å². The lowest BCUT2D eigenvalue weighted by Crippen LogP contribution is -2.47. The van der Waals surface area contributed by atoms with Crippen molar-refractivity contribution < 1.29 is 14.7 Å². The van der Waals surface area contributed by atoms with E-state index in [2.05, 4.69) is 17.1 Å². The molecule has 0 aromatic heterocycles. The van der Waals surface area contributed by atoms with Gasteiger partial charge in [0, 0.05) is 0 Å². The molecule has 1 amide bonds. The number of likely N-dealkylation sites (tertiary alicyclic amines) is 1. The van der Waals surface area contributed by atoms with E-state index >= 15 is 0 Å². The molecule has 0 spiro atoms. The van der Waals surface area contributed by atoms with Crippen molar-refractivity contribution in [2.75, 3.05) is 19.6 Å². The lowest BCUT2D eigenvalue weighted by Gasteiger charge is -2.30. The standard InChI is InChI=1S/C14H26N2O3/c1-10(2)8-12(14(18)19)15-13(17)9-16-6-4-11(3)5-7-16/h10-12H,4-9H2,1-3H3,(H,15,17)(H,18,19). The molecule has 5 nitrogen and oxygen atoms in total. The van der Waals surface area contributed by atoms with E-state index < -0.39 is 12.0 Å². The topological polar surface area (TPSA) is 69.6 Å². The predicted molar refractivity (Wildman–Crippen MR) is 73.9 cm³/mol. The fourth-order valence-corrected chi connectivity index (χ4v) is 2.36. The molecule has 0 aromatic rings. The Bertz CT molecular complexity index is 310. The van der Waals surface area contributed by atoms with Crippen LogP contribution >= 0.6 is 0 Å². The van der Waals surface area contributed by atoms with Crippen LogP contribution in [0, 0.1) is 11.8 Å². The second-order valence-electron chi connectivity index (χ2n) is 6.05. The highest BCUT2D eigenvalue weighted by Crippen LogP contribution is 2.15. The van der Waals surface area contributed by atoms with Crippen LogP contribution in [-0.4, -0.2) is 47.6 Å². The second kappa shape index (κ2) is 7.48. The van der Waals surface area contributed by atoms with Gasteiger partial charge < -0.3 is 10.4 Å². The highest BCUT2D eigenvalue weighted by molar-refractivity contribution is 5.84. The number of carbonyl (C=O) groups excluding carboxylic acids is 1. The third-order valence-corrected chi connectivity index (χ3v) is 3.58. The molecular weight excluding hydrogens is 244 g/mol. The van der Waals surface area contributed by atoms with Gasteiger partial charge in [0.15, 0.2) is 0 Å². The van der Waals surface area contributed by atoms with Gasteiger partial charge in [0.25, 0.3) is 0 Å². The molecule has 1 aliphatic rings. The SMILES string of the molecule is CC(C)CC(NC(=O)CN1CCC(C)CC1)C(=O)O. The molecular formula is C14H26N2O3. The second-order valence-corrected chi connectivity index (χ2v) is 6.05. The van der Waals surface area contributed by atoms with Gasteiger partial charge in [-0.25, -0.2) is 4.79 Å². The van der Waals surface area contributed by atoms with E-state index in [1.54, 1.807) is 0 Å². The third kappa shape index (κ3) is 6.05. The Morgan fingerprint density at radius 1 is 1.32 bits per heavy atom. The number of carbonyl (C=O) groups is 2. The minimum atomic E-state index is -0.950. The molecule has 19 heavy (non-hydrogen) atoms. The molecule has 0 aromatic carbocycles. The number of rotatable bonds is 6. The summed E-state index contributed by atoms with van der Waals surface area (Å²) in [6.45, 7) is 8.30. The van der Waals surface area contributed by atoms with Gasteiger partial charge in [-0.15, -0.1) is 0 Å². The van der Waals surface area contributed by atoms with E-state index in [9.17, 15) is 9.59 Å². The Hall–Kier alpha value is -1.10. The summed E-state index contributed by atoms with van der Waals surface area (Å²) in [6.07, 6.45) is 2.70. The summed E-state index contributed by atoms with van der Waals surface area (Å²) >= 11 is 0. The molecule has 0 bridgehead atoms. The summed E-state index contributed by atoms with van der Waals surface area (Å²) in [7, 11) is 0. The molecule has 1 unspecified atom stereocenters. The van der Waals surface area contributed by atoms with Gasteiger partial charge in [-0.05, 0) is 44.2 Å². The zero-order valence-corrected chi connectivity index (χ0v) is 12.2. The maximum Gasteiger partial charge on any atom is 0.326 e. The van der Waals surface area contributed by atoms with Crippen LogP contribution in [0.3, 0.4) is 0 Å². The molecule has 1 rings (SSSR count). The van der Waals surface area contributed by atoms with Crippen molar-refractivity contribution >= 4 is 11.9 Å². The maximum atomic E-state index is 11.9. The Morgan fingerprint density at radius 2 is 1.89 bits per heavy atom. The average molecular weight is 270 g/mol. The van der Waals surface area contributed by atoms with Crippen molar-refractivity contribution in [2.45, 2.75) is 46.1 Å². The minimum absolute atomic E-state index is 0.178. The molecule has 1 saturated heterocycles. The first-order valence-corrected chi connectivity index (χ1v) is 7.13. The Labute approximate surface area is 115 Å². The zero-order valence-electron chi connectivity index (χ0n) is 12.2. The molecule has 0 aliphatic carbocycles. The Kier molecular flexibility index (Phi) is 6.28. The number of nitrogens with one attached hydrogen (secondary N) is 1. The van der Waals surface area contributed by atoms with Crippen LogP contribution in [0.4, 0.5) is 0 Å². The first kappa shape index (κ1) is 16.0. The molecule has 110 valence electrons. The number of carboxylic acids is 1. The summed E-state index contributed by atoms with van der Waals surface area (Å²) in [4.78, 5) is 25.1. The number of hydrogen-bond acceptors (Lipinski definition) is 3. The van der Waals surface area contributed by atoms with E-state index in [4.69, 9.17) is 5.11 Å². The van der Waals surface area contributed by atoms with Gasteiger partial charge >= 0.3 is 5.97 Å². The summed E-state index contributed by atoms with van der Waals surface area (Å²) in [5.41, 5.74) is 0. The van der Waals surface area contributed by atoms with Crippen LogP contribution in [-0.2, 0) is 9.59 Å².